The number of amides is 1. The molecule has 48 heavy (non-hydrogen) atoms. The quantitative estimate of drug-likeness (QED) is 0.130. The van der Waals surface area contributed by atoms with E-state index in [9.17, 15) is 26.7 Å². The fraction of sp³-hybridized carbons (Fsp3) is 0.343. The van der Waals surface area contributed by atoms with Crippen molar-refractivity contribution in [3.05, 3.63) is 96.1 Å². The zero-order valence-corrected chi connectivity index (χ0v) is 26.4. The van der Waals surface area contributed by atoms with Crippen LogP contribution >= 0.6 is 0 Å². The van der Waals surface area contributed by atoms with Crippen molar-refractivity contribution in [1.29, 1.82) is 0 Å². The third-order valence-electron chi connectivity index (χ3n) is 7.79. The van der Waals surface area contributed by atoms with Crippen LogP contribution in [0.1, 0.15) is 42.0 Å². The molecular formula is C35H36F5N5O3. The number of nitrogens with two attached hydrogens (primary N) is 1. The summed E-state index contributed by atoms with van der Waals surface area (Å²) in [5.74, 6) is -2.81. The van der Waals surface area contributed by atoms with Gasteiger partial charge in [0, 0.05) is 49.7 Å². The maximum Gasteiger partial charge on any atom is 0.433 e. The number of carbonyl (C=O) groups excluding carboxylic acids is 1. The van der Waals surface area contributed by atoms with Crippen LogP contribution in [0.3, 0.4) is 0 Å². The summed E-state index contributed by atoms with van der Waals surface area (Å²) in [6.07, 6.45) is -2.26. The number of halogens is 5. The van der Waals surface area contributed by atoms with Gasteiger partial charge < -0.3 is 20.5 Å². The van der Waals surface area contributed by atoms with Gasteiger partial charge in [-0.2, -0.15) is 13.2 Å². The van der Waals surface area contributed by atoms with Gasteiger partial charge in [-0.25, -0.2) is 8.78 Å². The first-order valence-corrected chi connectivity index (χ1v) is 15.4. The minimum Gasteiger partial charge on any atom is -0.491 e. The highest BCUT2D eigenvalue weighted by atomic mass is 19.4. The number of alkyl halides is 5. The van der Waals surface area contributed by atoms with E-state index in [1.165, 1.54) is 12.3 Å². The van der Waals surface area contributed by atoms with Crippen LogP contribution in [0.2, 0.25) is 0 Å². The van der Waals surface area contributed by atoms with Crippen LogP contribution in [-0.2, 0) is 17.5 Å². The molecular weight excluding hydrogens is 633 g/mol. The fourth-order valence-electron chi connectivity index (χ4n) is 5.27. The number of aromatic nitrogens is 2. The van der Waals surface area contributed by atoms with Crippen LogP contribution in [0.15, 0.2) is 79.1 Å². The van der Waals surface area contributed by atoms with Crippen molar-refractivity contribution in [1.82, 2.24) is 14.9 Å². The predicted molar refractivity (Wildman–Crippen MR) is 172 cm³/mol. The molecule has 0 spiro atoms. The van der Waals surface area contributed by atoms with Gasteiger partial charge in [-0.05, 0) is 84.6 Å². The molecule has 2 aromatic heterocycles. The van der Waals surface area contributed by atoms with Gasteiger partial charge >= 0.3 is 6.18 Å². The number of nitrogens with one attached hydrogen (secondary N) is 1. The van der Waals surface area contributed by atoms with Crippen LogP contribution in [0.5, 0.6) is 5.75 Å². The van der Waals surface area contributed by atoms with Crippen molar-refractivity contribution in [2.75, 3.05) is 31.6 Å². The van der Waals surface area contributed by atoms with Crippen LogP contribution in [0.4, 0.5) is 27.6 Å². The minimum atomic E-state index is -4.60. The van der Waals surface area contributed by atoms with Crippen molar-refractivity contribution < 1.29 is 36.2 Å². The molecule has 8 nitrogen and oxygen atoms in total. The third kappa shape index (κ3) is 9.12. The predicted octanol–water partition coefficient (Wildman–Crippen LogP) is 7.05. The molecule has 1 aliphatic heterocycles. The second-order valence-electron chi connectivity index (χ2n) is 11.9. The molecule has 1 atom stereocenters. The van der Waals surface area contributed by atoms with Gasteiger partial charge in [0.2, 0.25) is 0 Å². The van der Waals surface area contributed by atoms with E-state index in [2.05, 4.69) is 15.3 Å². The van der Waals surface area contributed by atoms with Crippen molar-refractivity contribution in [2.24, 2.45) is 5.73 Å². The Morgan fingerprint density at radius 2 is 1.73 bits per heavy atom. The van der Waals surface area contributed by atoms with Crippen molar-refractivity contribution in [2.45, 2.75) is 51.1 Å². The minimum absolute atomic E-state index is 0.0445. The standard InChI is InChI=1S/C35H36F5N5O3/c1-22(2)47-13-14-48-29-6-3-24(4-7-29)25-9-11-42-30(18-25)33(46)44-28-16-23(20-45-12-10-34(36,37)31(41)21-45)15-27(17-28)26-5-8-32(43-19-26)35(38,39)40/h3-9,11,15-19,22,31H,10,12-14,20-21,41H2,1-2H3,(H,44,46). The summed E-state index contributed by atoms with van der Waals surface area (Å²) in [5, 5.41) is 2.83. The molecule has 5 rings (SSSR count). The lowest BCUT2D eigenvalue weighted by Crippen LogP contribution is -2.54. The first-order valence-electron chi connectivity index (χ1n) is 15.4. The number of carbonyl (C=O) groups is 1. The molecule has 2 aromatic carbocycles. The number of anilines is 1. The number of hydrogen-bond donors (Lipinski definition) is 2. The number of nitrogens with zero attached hydrogens (tertiary/aromatic N) is 3. The van der Waals surface area contributed by atoms with Gasteiger partial charge in [-0.1, -0.05) is 18.2 Å². The van der Waals surface area contributed by atoms with E-state index >= 15 is 0 Å². The summed E-state index contributed by atoms with van der Waals surface area (Å²) < 4.78 is 78.6. The molecule has 0 aliphatic carbocycles. The topological polar surface area (TPSA) is 103 Å². The SMILES string of the molecule is CC(C)OCCOc1ccc(-c2ccnc(C(=O)Nc3cc(CN4CCC(F)(F)C(N)C4)cc(-c4ccc(C(F)(F)F)nc4)c3)c2)cc1. The lowest BCUT2D eigenvalue weighted by molar-refractivity contribution is -0.141. The van der Waals surface area contributed by atoms with Gasteiger partial charge in [0.05, 0.1) is 18.8 Å². The molecule has 3 heterocycles. The van der Waals surface area contributed by atoms with Crippen LogP contribution in [0, 0.1) is 0 Å². The largest absolute Gasteiger partial charge is 0.491 e. The Kier molecular flexibility index (Phi) is 10.7. The van der Waals surface area contributed by atoms with E-state index in [1.807, 2.05) is 38.1 Å². The first kappa shape index (κ1) is 34.9. The van der Waals surface area contributed by atoms with Gasteiger partial charge in [-0.3, -0.25) is 19.7 Å². The Morgan fingerprint density at radius 1 is 0.979 bits per heavy atom. The first-order chi connectivity index (χ1) is 22.8. The highest BCUT2D eigenvalue weighted by molar-refractivity contribution is 6.03. The molecule has 3 N–H and O–H groups in total. The number of ether oxygens (including phenoxy) is 2. The average molecular weight is 670 g/mol. The maximum atomic E-state index is 14.0. The molecule has 0 bridgehead atoms. The molecule has 1 unspecified atom stereocenters. The Morgan fingerprint density at radius 3 is 2.40 bits per heavy atom. The molecule has 1 aliphatic rings. The summed E-state index contributed by atoms with van der Waals surface area (Å²) in [6, 6.07) is 16.6. The molecule has 0 radical (unpaired) electrons. The zero-order chi connectivity index (χ0) is 34.5. The summed E-state index contributed by atoms with van der Waals surface area (Å²) in [6.45, 7) is 5.08. The van der Waals surface area contributed by atoms with Crippen LogP contribution in [-0.4, -0.2) is 65.1 Å². The van der Waals surface area contributed by atoms with Crippen molar-refractivity contribution in [3.63, 3.8) is 0 Å². The summed E-state index contributed by atoms with van der Waals surface area (Å²) in [4.78, 5) is 23.0. The Labute approximate surface area is 275 Å². The number of rotatable bonds is 11. The maximum absolute atomic E-state index is 14.0. The zero-order valence-electron chi connectivity index (χ0n) is 26.4. The summed E-state index contributed by atoms with van der Waals surface area (Å²) >= 11 is 0. The normalized spacial score (nSPS) is 16.6. The van der Waals surface area contributed by atoms with E-state index < -0.39 is 36.2 Å². The van der Waals surface area contributed by atoms with E-state index in [1.54, 1.807) is 35.2 Å². The Hall–Kier alpha value is -4.46. The van der Waals surface area contributed by atoms with Gasteiger partial charge in [0.1, 0.15) is 23.7 Å². The molecule has 0 saturated carbocycles. The highest BCUT2D eigenvalue weighted by Gasteiger charge is 2.41. The van der Waals surface area contributed by atoms with Crippen LogP contribution < -0.4 is 15.8 Å². The van der Waals surface area contributed by atoms with E-state index in [0.717, 1.165) is 23.4 Å². The average Bonchev–Trinajstić information content (AvgIpc) is 3.05. The molecule has 1 saturated heterocycles. The van der Waals surface area contributed by atoms with Crippen molar-refractivity contribution in [3.8, 4) is 28.0 Å². The van der Waals surface area contributed by atoms with Crippen LogP contribution in [0.25, 0.3) is 22.3 Å². The molecule has 4 aromatic rings. The van der Waals surface area contributed by atoms with E-state index in [0.29, 0.717) is 41.3 Å². The molecule has 1 fully saturated rings. The monoisotopic (exact) mass is 669 g/mol. The smallest absolute Gasteiger partial charge is 0.433 e. The fourth-order valence-corrected chi connectivity index (χ4v) is 5.27. The van der Waals surface area contributed by atoms with E-state index in [-0.39, 0.29) is 31.4 Å². The van der Waals surface area contributed by atoms with Gasteiger partial charge in [0.15, 0.2) is 0 Å². The second kappa shape index (κ2) is 14.8. The van der Waals surface area contributed by atoms with Crippen molar-refractivity contribution >= 4 is 11.6 Å². The highest BCUT2D eigenvalue weighted by Crippen LogP contribution is 2.32. The number of hydrogen-bond acceptors (Lipinski definition) is 7. The Balaban J connectivity index is 1.35. The number of pyridine rings is 2. The summed E-state index contributed by atoms with van der Waals surface area (Å²) in [5.41, 5.74) is 8.23. The summed E-state index contributed by atoms with van der Waals surface area (Å²) in [7, 11) is 0. The number of likely N-dealkylation sites (tertiary alicyclic amines) is 1. The molecule has 1 amide bonds. The Bertz CT molecular complexity index is 1700. The van der Waals surface area contributed by atoms with E-state index in [4.69, 9.17) is 15.2 Å². The third-order valence-corrected chi connectivity index (χ3v) is 7.79. The van der Waals surface area contributed by atoms with Gasteiger partial charge in [0.25, 0.3) is 11.8 Å². The number of piperidine rings is 1. The molecule has 254 valence electrons. The molecule has 13 heteroatoms. The van der Waals surface area contributed by atoms with Gasteiger partial charge in [-0.15, -0.1) is 0 Å². The number of benzene rings is 2. The lowest BCUT2D eigenvalue weighted by atomic mass is 9.99. The second-order valence-corrected chi connectivity index (χ2v) is 11.9. The lowest BCUT2D eigenvalue weighted by Gasteiger charge is -2.36.